The van der Waals surface area contributed by atoms with Crippen LogP contribution in [-0.2, 0) is 9.47 Å². The first-order chi connectivity index (χ1) is 19.3. The molecule has 10 nitrogen and oxygen atoms in total. The molecular weight excluding hydrogens is 540 g/mol. The second-order valence-corrected chi connectivity index (χ2v) is 12.2. The molecule has 0 bridgehead atoms. The number of amides is 3. The Labute approximate surface area is 244 Å². The van der Waals surface area contributed by atoms with Gasteiger partial charge in [0.2, 0.25) is 0 Å². The molecule has 0 spiro atoms. The van der Waals surface area contributed by atoms with E-state index in [1.54, 1.807) is 24.1 Å². The fraction of sp³-hybridized carbons (Fsp3) is 0.433. The summed E-state index contributed by atoms with van der Waals surface area (Å²) in [5, 5.41) is 12.8. The van der Waals surface area contributed by atoms with Crippen LogP contribution in [-0.4, -0.2) is 76.4 Å². The molecule has 1 aromatic carbocycles. The SMILES string of the molecule is Cc1cc(-c2sc(NC(=O)N(C)C[C@@H]3OCCN(C(=O)OC(C)(C)C)[C@H]3C)nc2-c2cccc(C#N)c2)cc(C)n1. The van der Waals surface area contributed by atoms with Crippen LogP contribution >= 0.6 is 11.3 Å². The lowest BCUT2D eigenvalue weighted by molar-refractivity contribution is -0.0752. The number of ether oxygens (including phenoxy) is 2. The topological polar surface area (TPSA) is 121 Å². The molecule has 1 fully saturated rings. The molecule has 41 heavy (non-hydrogen) atoms. The number of carbonyl (C=O) groups excluding carboxylic acids is 2. The third kappa shape index (κ3) is 7.39. The molecule has 4 rings (SSSR count). The molecule has 2 aromatic heterocycles. The maximum absolute atomic E-state index is 13.3. The van der Waals surface area contributed by atoms with Crippen LogP contribution in [0.5, 0.6) is 0 Å². The monoisotopic (exact) mass is 576 g/mol. The van der Waals surface area contributed by atoms with E-state index in [0.29, 0.717) is 29.5 Å². The van der Waals surface area contributed by atoms with Gasteiger partial charge in [-0.15, -0.1) is 0 Å². The van der Waals surface area contributed by atoms with E-state index in [1.165, 1.54) is 16.2 Å². The highest BCUT2D eigenvalue weighted by Crippen LogP contribution is 2.39. The number of likely N-dealkylation sites (N-methyl/N-ethyl adjacent to an activating group) is 1. The fourth-order valence-electron chi connectivity index (χ4n) is 4.64. The molecule has 2 atom stereocenters. The minimum Gasteiger partial charge on any atom is -0.444 e. The summed E-state index contributed by atoms with van der Waals surface area (Å²) in [6, 6.07) is 12.8. The van der Waals surface area contributed by atoms with Crippen molar-refractivity contribution in [3.05, 3.63) is 53.3 Å². The summed E-state index contributed by atoms with van der Waals surface area (Å²) in [5.74, 6) is 0. The first-order valence-electron chi connectivity index (χ1n) is 13.4. The zero-order chi connectivity index (χ0) is 29.9. The number of carbonyl (C=O) groups is 2. The maximum atomic E-state index is 13.3. The molecule has 1 aliphatic heterocycles. The van der Waals surface area contributed by atoms with E-state index in [-0.39, 0.29) is 24.7 Å². The van der Waals surface area contributed by atoms with Crippen molar-refractivity contribution >= 4 is 28.6 Å². The van der Waals surface area contributed by atoms with E-state index in [2.05, 4.69) is 16.4 Å². The molecule has 1 aliphatic rings. The van der Waals surface area contributed by atoms with Gasteiger partial charge in [0, 0.05) is 30.5 Å². The van der Waals surface area contributed by atoms with Crippen molar-refractivity contribution in [3.8, 4) is 27.8 Å². The van der Waals surface area contributed by atoms with Gasteiger partial charge in [-0.25, -0.2) is 14.6 Å². The molecule has 11 heteroatoms. The minimum atomic E-state index is -0.601. The molecule has 0 radical (unpaired) electrons. The zero-order valence-electron chi connectivity index (χ0n) is 24.5. The van der Waals surface area contributed by atoms with Crippen molar-refractivity contribution in [1.82, 2.24) is 19.8 Å². The van der Waals surface area contributed by atoms with Crippen LogP contribution in [0.2, 0.25) is 0 Å². The van der Waals surface area contributed by atoms with Crippen LogP contribution < -0.4 is 5.32 Å². The number of nitrogens with one attached hydrogen (secondary N) is 1. The summed E-state index contributed by atoms with van der Waals surface area (Å²) in [4.78, 5) is 39.3. The summed E-state index contributed by atoms with van der Waals surface area (Å²) in [6.45, 7) is 12.3. The Hall–Kier alpha value is -4.01. The largest absolute Gasteiger partial charge is 0.444 e. The van der Waals surface area contributed by atoms with Gasteiger partial charge in [-0.05, 0) is 71.4 Å². The quantitative estimate of drug-likeness (QED) is 0.405. The predicted molar refractivity (Wildman–Crippen MR) is 159 cm³/mol. The molecule has 3 aromatic rings. The predicted octanol–water partition coefficient (Wildman–Crippen LogP) is 5.85. The molecule has 3 amide bonds. The number of rotatable bonds is 5. The van der Waals surface area contributed by atoms with E-state index in [1.807, 2.05) is 65.8 Å². The van der Waals surface area contributed by atoms with Gasteiger partial charge in [0.1, 0.15) is 5.60 Å². The number of urea groups is 1. The average molecular weight is 577 g/mol. The van der Waals surface area contributed by atoms with E-state index in [0.717, 1.165) is 27.4 Å². The van der Waals surface area contributed by atoms with Crippen molar-refractivity contribution < 1.29 is 19.1 Å². The number of aromatic nitrogens is 2. The van der Waals surface area contributed by atoms with Crippen molar-refractivity contribution in [2.45, 2.75) is 59.3 Å². The van der Waals surface area contributed by atoms with Gasteiger partial charge in [-0.3, -0.25) is 10.3 Å². The van der Waals surface area contributed by atoms with E-state index in [4.69, 9.17) is 14.5 Å². The lowest BCUT2D eigenvalue weighted by Gasteiger charge is -2.40. The van der Waals surface area contributed by atoms with Gasteiger partial charge in [-0.1, -0.05) is 23.5 Å². The number of aryl methyl sites for hydroxylation is 2. The van der Waals surface area contributed by atoms with Gasteiger partial charge in [0.15, 0.2) is 5.13 Å². The van der Waals surface area contributed by atoms with E-state index in [9.17, 15) is 14.9 Å². The van der Waals surface area contributed by atoms with Crippen LogP contribution in [0.15, 0.2) is 36.4 Å². The average Bonchev–Trinajstić information content (AvgIpc) is 3.32. The molecule has 3 heterocycles. The van der Waals surface area contributed by atoms with Crippen molar-refractivity contribution in [3.63, 3.8) is 0 Å². The number of nitriles is 1. The van der Waals surface area contributed by atoms with Crippen molar-refractivity contribution in [2.75, 3.05) is 32.1 Å². The number of benzene rings is 1. The minimum absolute atomic E-state index is 0.268. The number of hydrogen-bond donors (Lipinski definition) is 1. The van der Waals surface area contributed by atoms with Gasteiger partial charge >= 0.3 is 12.1 Å². The third-order valence-corrected chi connectivity index (χ3v) is 7.59. The molecule has 0 aliphatic carbocycles. The normalized spacial score (nSPS) is 17.1. The van der Waals surface area contributed by atoms with Crippen LogP contribution in [0.25, 0.3) is 21.7 Å². The standard InChI is InChI=1S/C30H36N6O4S/c1-18-13-23(14-19(2)32-18)26-25(22-10-8-9-21(15-22)16-31)33-27(41-26)34-28(37)35(7)17-24-20(3)36(11-12-39-24)29(38)40-30(4,5)6/h8-10,13-15,20,24H,11-12,17H2,1-7H3,(H,33,34,37)/t20-,24-/m0/s1. The van der Waals surface area contributed by atoms with Crippen LogP contribution in [0.4, 0.5) is 14.7 Å². The lowest BCUT2D eigenvalue weighted by atomic mass is 10.0. The summed E-state index contributed by atoms with van der Waals surface area (Å²) in [6.07, 6.45) is -0.777. The van der Waals surface area contributed by atoms with Crippen LogP contribution in [0.3, 0.4) is 0 Å². The summed E-state index contributed by atoms with van der Waals surface area (Å²) in [7, 11) is 1.68. The van der Waals surface area contributed by atoms with Gasteiger partial charge in [0.25, 0.3) is 0 Å². The Kier molecular flexibility index (Phi) is 8.95. The van der Waals surface area contributed by atoms with E-state index >= 15 is 0 Å². The second-order valence-electron chi connectivity index (χ2n) is 11.2. The lowest BCUT2D eigenvalue weighted by Crippen LogP contribution is -2.56. The Morgan fingerprint density at radius 3 is 2.56 bits per heavy atom. The first-order valence-corrected chi connectivity index (χ1v) is 14.3. The van der Waals surface area contributed by atoms with Gasteiger partial charge < -0.3 is 19.3 Å². The first kappa shape index (κ1) is 30.0. The highest BCUT2D eigenvalue weighted by Gasteiger charge is 2.35. The molecular formula is C30H36N6O4S. The number of morpholine rings is 1. The molecule has 0 unspecified atom stereocenters. The number of hydrogen-bond acceptors (Lipinski definition) is 8. The number of anilines is 1. The molecule has 0 saturated carbocycles. The fourth-order valence-corrected chi connectivity index (χ4v) is 5.60. The van der Waals surface area contributed by atoms with E-state index < -0.39 is 11.7 Å². The van der Waals surface area contributed by atoms with Crippen LogP contribution in [0, 0.1) is 25.2 Å². The van der Waals surface area contributed by atoms with Crippen molar-refractivity contribution in [2.24, 2.45) is 0 Å². The highest BCUT2D eigenvalue weighted by atomic mass is 32.1. The maximum Gasteiger partial charge on any atom is 0.410 e. The Bertz CT molecular complexity index is 1450. The molecule has 1 N–H and O–H groups in total. The summed E-state index contributed by atoms with van der Waals surface area (Å²) >= 11 is 1.36. The summed E-state index contributed by atoms with van der Waals surface area (Å²) in [5.41, 5.74) is 4.06. The van der Waals surface area contributed by atoms with Crippen LogP contribution in [0.1, 0.15) is 44.6 Å². The number of nitrogens with zero attached hydrogens (tertiary/aromatic N) is 5. The number of pyridine rings is 1. The summed E-state index contributed by atoms with van der Waals surface area (Å²) < 4.78 is 11.5. The Morgan fingerprint density at radius 1 is 1.20 bits per heavy atom. The Balaban J connectivity index is 1.54. The second kappa shape index (κ2) is 12.2. The highest BCUT2D eigenvalue weighted by molar-refractivity contribution is 7.19. The number of thiazole rings is 1. The zero-order valence-corrected chi connectivity index (χ0v) is 25.3. The van der Waals surface area contributed by atoms with Gasteiger partial charge in [-0.2, -0.15) is 5.26 Å². The Morgan fingerprint density at radius 2 is 1.90 bits per heavy atom. The van der Waals surface area contributed by atoms with Crippen molar-refractivity contribution in [1.29, 1.82) is 5.26 Å². The smallest absolute Gasteiger partial charge is 0.410 e. The van der Waals surface area contributed by atoms with Gasteiger partial charge in [0.05, 0.1) is 47.5 Å². The molecule has 1 saturated heterocycles. The molecule has 216 valence electrons. The third-order valence-electron chi connectivity index (χ3n) is 6.57.